The van der Waals surface area contributed by atoms with Gasteiger partial charge in [-0.2, -0.15) is 17.4 Å². The molecule has 124 valence electrons. The molecule has 0 spiro atoms. The number of esters is 1. The zero-order valence-electron chi connectivity index (χ0n) is 12.8. The highest BCUT2D eigenvalue weighted by Crippen LogP contribution is 2.26. The second-order valence-electron chi connectivity index (χ2n) is 5.61. The van der Waals surface area contributed by atoms with Crippen molar-refractivity contribution < 1.29 is 23.1 Å². The molecule has 8 heteroatoms. The first kappa shape index (κ1) is 18.3. The van der Waals surface area contributed by atoms with Gasteiger partial charge >= 0.3 is 5.97 Å². The molecular formula is C13H26N2O5S. The largest absolute Gasteiger partial charge is 0.469 e. The lowest BCUT2D eigenvalue weighted by atomic mass is 9.95. The summed E-state index contributed by atoms with van der Waals surface area (Å²) < 4.78 is 32.1. The topological polar surface area (TPSA) is 95.9 Å². The molecule has 1 rings (SSSR count). The van der Waals surface area contributed by atoms with E-state index in [0.29, 0.717) is 12.8 Å². The number of ether oxygens (including phenoxy) is 1. The summed E-state index contributed by atoms with van der Waals surface area (Å²) in [6.07, 6.45) is 5.20. The zero-order chi connectivity index (χ0) is 15.9. The molecule has 0 amide bonds. The van der Waals surface area contributed by atoms with Gasteiger partial charge in [0.05, 0.1) is 19.1 Å². The SMILES string of the molecule is COC(=O)CCN(C)S(=O)(=O)NCC1(O)CCCCCC1. The lowest BCUT2D eigenvalue weighted by molar-refractivity contribution is -0.140. The van der Waals surface area contributed by atoms with Crippen LogP contribution in [-0.4, -0.2) is 56.6 Å². The summed E-state index contributed by atoms with van der Waals surface area (Å²) >= 11 is 0. The first-order valence-corrected chi connectivity index (χ1v) is 8.73. The minimum Gasteiger partial charge on any atom is -0.469 e. The third-order valence-electron chi connectivity index (χ3n) is 3.89. The van der Waals surface area contributed by atoms with Gasteiger partial charge in [0.2, 0.25) is 0 Å². The van der Waals surface area contributed by atoms with Crippen molar-refractivity contribution in [3.63, 3.8) is 0 Å². The van der Waals surface area contributed by atoms with E-state index in [1.165, 1.54) is 14.2 Å². The Morgan fingerprint density at radius 3 is 2.38 bits per heavy atom. The van der Waals surface area contributed by atoms with Gasteiger partial charge < -0.3 is 9.84 Å². The fraction of sp³-hybridized carbons (Fsp3) is 0.923. The van der Waals surface area contributed by atoms with Crippen molar-refractivity contribution in [3.05, 3.63) is 0 Å². The number of hydrogen-bond acceptors (Lipinski definition) is 5. The molecule has 0 bridgehead atoms. The number of nitrogens with zero attached hydrogens (tertiary/aromatic N) is 1. The van der Waals surface area contributed by atoms with E-state index in [0.717, 1.165) is 30.0 Å². The number of aliphatic hydroxyl groups is 1. The Hall–Kier alpha value is -0.700. The molecular weight excluding hydrogens is 296 g/mol. The third-order valence-corrected chi connectivity index (χ3v) is 5.40. The fourth-order valence-corrected chi connectivity index (χ4v) is 3.37. The second kappa shape index (κ2) is 8.07. The van der Waals surface area contributed by atoms with Crippen molar-refractivity contribution in [2.75, 3.05) is 27.2 Å². The van der Waals surface area contributed by atoms with Crippen LogP contribution < -0.4 is 4.72 Å². The van der Waals surface area contributed by atoms with E-state index >= 15 is 0 Å². The van der Waals surface area contributed by atoms with Gasteiger partial charge in [-0.25, -0.2) is 0 Å². The lowest BCUT2D eigenvalue weighted by Crippen LogP contribution is -2.47. The van der Waals surface area contributed by atoms with Gasteiger partial charge in [-0.05, 0) is 12.8 Å². The van der Waals surface area contributed by atoms with Crippen molar-refractivity contribution in [3.8, 4) is 0 Å². The van der Waals surface area contributed by atoms with Crippen LogP contribution in [0.1, 0.15) is 44.9 Å². The van der Waals surface area contributed by atoms with Gasteiger partial charge in [0.15, 0.2) is 0 Å². The first-order valence-electron chi connectivity index (χ1n) is 7.29. The predicted octanol–water partition coefficient (Wildman–Crippen LogP) is 0.401. The van der Waals surface area contributed by atoms with Crippen LogP contribution in [0.2, 0.25) is 0 Å². The standard InChI is InChI=1S/C13H26N2O5S/c1-15(10-7-12(16)20-2)21(18,19)14-11-13(17)8-5-3-4-6-9-13/h14,17H,3-11H2,1-2H3. The highest BCUT2D eigenvalue weighted by atomic mass is 32.2. The van der Waals surface area contributed by atoms with Crippen molar-refractivity contribution in [1.82, 2.24) is 9.03 Å². The number of hydrogen-bond donors (Lipinski definition) is 2. The molecule has 1 fully saturated rings. The average molecular weight is 322 g/mol. The quantitative estimate of drug-likeness (QED) is 0.522. The minimum atomic E-state index is -3.70. The molecule has 7 nitrogen and oxygen atoms in total. The number of carbonyl (C=O) groups excluding carboxylic acids is 1. The summed E-state index contributed by atoms with van der Waals surface area (Å²) in [5.74, 6) is -0.459. The van der Waals surface area contributed by atoms with Gasteiger partial charge in [-0.15, -0.1) is 0 Å². The van der Waals surface area contributed by atoms with Gasteiger partial charge in [-0.1, -0.05) is 25.7 Å². The highest BCUT2D eigenvalue weighted by Gasteiger charge is 2.30. The van der Waals surface area contributed by atoms with Crippen LogP contribution in [0.3, 0.4) is 0 Å². The Morgan fingerprint density at radius 1 is 1.29 bits per heavy atom. The zero-order valence-corrected chi connectivity index (χ0v) is 13.6. The summed E-state index contributed by atoms with van der Waals surface area (Å²) in [5, 5.41) is 10.4. The number of methoxy groups -OCH3 is 1. The van der Waals surface area contributed by atoms with E-state index in [9.17, 15) is 18.3 Å². The van der Waals surface area contributed by atoms with Crippen molar-refractivity contribution in [1.29, 1.82) is 0 Å². The molecule has 0 aromatic rings. The minimum absolute atomic E-state index is 0.00181. The molecule has 0 aliphatic heterocycles. The van der Waals surface area contributed by atoms with Crippen LogP contribution in [0, 0.1) is 0 Å². The second-order valence-corrected chi connectivity index (χ2v) is 7.47. The van der Waals surface area contributed by atoms with Gasteiger partial charge in [0.25, 0.3) is 10.2 Å². The molecule has 0 aromatic heterocycles. The monoisotopic (exact) mass is 322 g/mol. The highest BCUT2D eigenvalue weighted by molar-refractivity contribution is 7.87. The Kier molecular flexibility index (Phi) is 7.05. The number of rotatable bonds is 7. The Morgan fingerprint density at radius 2 is 1.86 bits per heavy atom. The van der Waals surface area contributed by atoms with E-state index in [-0.39, 0.29) is 19.5 Å². The molecule has 0 unspecified atom stereocenters. The fourth-order valence-electron chi connectivity index (χ4n) is 2.37. The van der Waals surface area contributed by atoms with Crippen LogP contribution in [-0.2, 0) is 19.7 Å². The lowest BCUT2D eigenvalue weighted by Gasteiger charge is -2.28. The van der Waals surface area contributed by atoms with Crippen LogP contribution in [0.5, 0.6) is 0 Å². The molecule has 0 aromatic carbocycles. The van der Waals surface area contributed by atoms with Crippen LogP contribution in [0.4, 0.5) is 0 Å². The molecule has 2 N–H and O–H groups in total. The molecule has 1 aliphatic carbocycles. The molecule has 1 aliphatic rings. The molecule has 21 heavy (non-hydrogen) atoms. The Bertz CT molecular complexity index is 430. The smallest absolute Gasteiger partial charge is 0.306 e. The van der Waals surface area contributed by atoms with Crippen molar-refractivity contribution in [2.45, 2.75) is 50.5 Å². The summed E-state index contributed by atoms with van der Waals surface area (Å²) in [4.78, 5) is 11.0. The molecule has 0 atom stereocenters. The predicted molar refractivity (Wildman–Crippen MR) is 78.8 cm³/mol. The van der Waals surface area contributed by atoms with Gasteiger partial charge in [0.1, 0.15) is 0 Å². The van der Waals surface area contributed by atoms with E-state index in [4.69, 9.17) is 0 Å². The van der Waals surface area contributed by atoms with E-state index in [1.54, 1.807) is 0 Å². The van der Waals surface area contributed by atoms with Crippen LogP contribution in [0.15, 0.2) is 0 Å². The van der Waals surface area contributed by atoms with Crippen LogP contribution in [0.25, 0.3) is 0 Å². The van der Waals surface area contributed by atoms with Gasteiger partial charge in [-0.3, -0.25) is 4.79 Å². The van der Waals surface area contributed by atoms with E-state index in [1.807, 2.05) is 0 Å². The summed E-state index contributed by atoms with van der Waals surface area (Å²) in [7, 11) is -1.05. The normalized spacial score (nSPS) is 19.2. The van der Waals surface area contributed by atoms with E-state index < -0.39 is 21.8 Å². The third kappa shape index (κ3) is 6.29. The van der Waals surface area contributed by atoms with Crippen LogP contribution >= 0.6 is 0 Å². The van der Waals surface area contributed by atoms with Gasteiger partial charge in [0, 0.05) is 20.1 Å². The number of nitrogens with one attached hydrogen (secondary N) is 1. The maximum absolute atomic E-state index is 12.1. The van der Waals surface area contributed by atoms with E-state index in [2.05, 4.69) is 9.46 Å². The summed E-state index contributed by atoms with van der Waals surface area (Å²) in [5.41, 5.74) is -0.966. The maximum atomic E-state index is 12.1. The Labute approximate surface area is 126 Å². The van der Waals surface area contributed by atoms with Crippen molar-refractivity contribution in [2.24, 2.45) is 0 Å². The number of carbonyl (C=O) groups is 1. The first-order chi connectivity index (χ1) is 9.79. The summed E-state index contributed by atoms with van der Waals surface area (Å²) in [6.45, 7) is 0.0539. The maximum Gasteiger partial charge on any atom is 0.306 e. The molecule has 1 saturated carbocycles. The van der Waals surface area contributed by atoms with Crippen molar-refractivity contribution >= 4 is 16.2 Å². The molecule has 0 saturated heterocycles. The average Bonchev–Trinajstić information content (AvgIpc) is 2.67. The molecule has 0 heterocycles. The summed E-state index contributed by atoms with van der Waals surface area (Å²) in [6, 6.07) is 0. The Balaban J connectivity index is 2.49. The molecule has 0 radical (unpaired) electrons.